The van der Waals surface area contributed by atoms with E-state index in [0.717, 1.165) is 0 Å². The number of benzene rings is 1. The Balaban J connectivity index is 1.93. The lowest BCUT2D eigenvalue weighted by Gasteiger charge is -2.47. The predicted molar refractivity (Wildman–Crippen MR) is 102 cm³/mol. The number of carbonyl (C=O) groups is 3. The number of ketones is 2. The third-order valence-electron chi connectivity index (χ3n) is 6.43. The molecule has 10 nitrogen and oxygen atoms in total. The first-order valence-corrected chi connectivity index (χ1v) is 9.33. The molecule has 0 bridgehead atoms. The van der Waals surface area contributed by atoms with Crippen molar-refractivity contribution in [1.29, 1.82) is 0 Å². The second-order valence-electron chi connectivity index (χ2n) is 7.89. The zero-order valence-corrected chi connectivity index (χ0v) is 15.8. The number of aromatic hydroxyl groups is 1. The van der Waals surface area contributed by atoms with Crippen molar-refractivity contribution < 1.29 is 34.8 Å². The standard InChI is InChI=1S/C20H21N3O7/c21-5-7-2-1-6-3-8-4-9-13(22)16(26)12(19(23)29)18(28)20(9,30)17(27)11(8)15(25)10(6)14(7)24/h1-2,8-9,13,24,26-27,30H,3-5,21-22H2,(H2,23,29)/t8?,9?,13-,20-/m0/s1. The van der Waals surface area contributed by atoms with Crippen LogP contribution in [0.25, 0.3) is 0 Å². The van der Waals surface area contributed by atoms with Crippen LogP contribution in [0.4, 0.5) is 0 Å². The van der Waals surface area contributed by atoms with Gasteiger partial charge in [-0.25, -0.2) is 0 Å². The minimum Gasteiger partial charge on any atom is -0.510 e. The fraction of sp³-hybridized carbons (Fsp3) is 0.350. The van der Waals surface area contributed by atoms with Gasteiger partial charge in [0.2, 0.25) is 5.78 Å². The van der Waals surface area contributed by atoms with Gasteiger partial charge < -0.3 is 37.6 Å². The van der Waals surface area contributed by atoms with E-state index in [9.17, 15) is 34.8 Å². The van der Waals surface area contributed by atoms with Crippen LogP contribution >= 0.6 is 0 Å². The molecule has 0 aromatic heterocycles. The van der Waals surface area contributed by atoms with Crippen LogP contribution in [0, 0.1) is 11.8 Å². The summed E-state index contributed by atoms with van der Waals surface area (Å²) in [5.74, 6) is -7.22. The minimum absolute atomic E-state index is 0.0216. The van der Waals surface area contributed by atoms with Gasteiger partial charge in [-0.3, -0.25) is 14.4 Å². The highest BCUT2D eigenvalue weighted by Gasteiger charge is 2.62. The topological polar surface area (TPSA) is 210 Å². The molecule has 0 heterocycles. The lowest BCUT2D eigenvalue weighted by atomic mass is 9.59. The van der Waals surface area contributed by atoms with E-state index in [1.807, 2.05) is 0 Å². The Morgan fingerprint density at radius 1 is 1.20 bits per heavy atom. The first-order valence-electron chi connectivity index (χ1n) is 9.33. The summed E-state index contributed by atoms with van der Waals surface area (Å²) < 4.78 is 0. The van der Waals surface area contributed by atoms with E-state index in [2.05, 4.69) is 0 Å². The predicted octanol–water partition coefficient (Wildman–Crippen LogP) is -1.02. The van der Waals surface area contributed by atoms with Crippen LogP contribution in [0.15, 0.2) is 34.8 Å². The summed E-state index contributed by atoms with van der Waals surface area (Å²) in [6.07, 6.45) is 0.197. The van der Waals surface area contributed by atoms with Crippen LogP contribution in [0.3, 0.4) is 0 Å². The molecule has 0 fully saturated rings. The number of hydrogen-bond donors (Lipinski definition) is 7. The zero-order chi connectivity index (χ0) is 22.1. The molecule has 3 aliphatic rings. The number of allylic oxidation sites excluding steroid dienone is 1. The molecule has 1 aromatic rings. The number of phenolic OH excluding ortho intramolecular Hbond substituents is 1. The molecule has 0 saturated heterocycles. The van der Waals surface area contributed by atoms with Gasteiger partial charge in [0.1, 0.15) is 22.8 Å². The maximum atomic E-state index is 13.2. The number of aliphatic hydroxyl groups excluding tert-OH is 2. The lowest BCUT2D eigenvalue weighted by molar-refractivity contribution is -0.145. The van der Waals surface area contributed by atoms with Crippen molar-refractivity contribution in [3.8, 4) is 5.75 Å². The van der Waals surface area contributed by atoms with Crippen molar-refractivity contribution in [3.63, 3.8) is 0 Å². The van der Waals surface area contributed by atoms with E-state index in [1.165, 1.54) is 0 Å². The van der Waals surface area contributed by atoms with Crippen molar-refractivity contribution >= 4 is 17.5 Å². The Hall–Kier alpha value is -3.21. The second kappa shape index (κ2) is 6.39. The minimum atomic E-state index is -2.70. The number of hydrogen-bond acceptors (Lipinski definition) is 9. The van der Waals surface area contributed by atoms with Crippen LogP contribution in [0.5, 0.6) is 5.75 Å². The molecule has 0 radical (unpaired) electrons. The van der Waals surface area contributed by atoms with Gasteiger partial charge in [0.15, 0.2) is 11.4 Å². The summed E-state index contributed by atoms with van der Waals surface area (Å²) in [4.78, 5) is 37.8. The first-order chi connectivity index (χ1) is 14.0. The molecular formula is C20H21N3O7. The zero-order valence-electron chi connectivity index (χ0n) is 15.8. The van der Waals surface area contributed by atoms with Crippen LogP contribution in [-0.4, -0.2) is 49.5 Å². The van der Waals surface area contributed by atoms with Gasteiger partial charge in [-0.05, 0) is 24.3 Å². The highest BCUT2D eigenvalue weighted by atomic mass is 16.3. The molecule has 10 N–H and O–H groups in total. The van der Waals surface area contributed by atoms with Crippen molar-refractivity contribution in [1.82, 2.24) is 0 Å². The number of aliphatic hydroxyl groups is 3. The molecule has 0 saturated carbocycles. The highest BCUT2D eigenvalue weighted by molar-refractivity contribution is 6.24. The number of amides is 1. The number of Topliss-reactive ketones (excluding diaryl/α,β-unsaturated/α-hetero) is 2. The summed E-state index contributed by atoms with van der Waals surface area (Å²) in [6.45, 7) is -0.0216. The monoisotopic (exact) mass is 415 g/mol. The average Bonchev–Trinajstić information content (AvgIpc) is 2.68. The lowest BCUT2D eigenvalue weighted by Crippen LogP contribution is -2.63. The van der Waals surface area contributed by atoms with Crippen LogP contribution in [-0.2, 0) is 22.6 Å². The molecule has 10 heteroatoms. The normalized spacial score (nSPS) is 30.7. The Labute approximate surface area is 170 Å². The van der Waals surface area contributed by atoms with Gasteiger partial charge in [-0.1, -0.05) is 12.1 Å². The molecule has 4 rings (SSSR count). The SMILES string of the molecule is NCc1ccc2c(c1O)C(=O)C1=C(O)[C@]3(O)C(=O)C(C(N)=O)=C(O)[C@@H](N)C3CC1C2. The van der Waals surface area contributed by atoms with Gasteiger partial charge in [0.05, 0.1) is 11.6 Å². The van der Waals surface area contributed by atoms with Crippen molar-refractivity contribution in [2.45, 2.75) is 31.0 Å². The Kier molecular flexibility index (Phi) is 4.28. The summed E-state index contributed by atoms with van der Waals surface area (Å²) in [6, 6.07) is 1.89. The Morgan fingerprint density at radius 3 is 2.47 bits per heavy atom. The molecule has 1 aromatic carbocycles. The van der Waals surface area contributed by atoms with Crippen LogP contribution in [0.1, 0.15) is 27.9 Å². The molecule has 1 amide bonds. The molecule has 2 unspecified atom stereocenters. The van der Waals surface area contributed by atoms with Gasteiger partial charge in [-0.2, -0.15) is 0 Å². The summed E-state index contributed by atoms with van der Waals surface area (Å²) in [5, 5.41) is 42.8. The quantitative estimate of drug-likeness (QED) is 0.294. The fourth-order valence-corrected chi connectivity index (χ4v) is 4.90. The molecule has 0 aliphatic heterocycles. The average molecular weight is 415 g/mol. The van der Waals surface area contributed by atoms with E-state index in [-0.39, 0.29) is 36.3 Å². The number of nitrogens with two attached hydrogens (primary N) is 3. The second-order valence-corrected chi connectivity index (χ2v) is 7.89. The van der Waals surface area contributed by atoms with Crippen molar-refractivity contribution in [2.75, 3.05) is 0 Å². The van der Waals surface area contributed by atoms with Crippen LogP contribution < -0.4 is 17.2 Å². The molecule has 4 atom stereocenters. The third kappa shape index (κ3) is 2.32. The van der Waals surface area contributed by atoms with Crippen molar-refractivity contribution in [3.05, 3.63) is 51.5 Å². The number of carbonyl (C=O) groups excluding carboxylic acids is 3. The number of phenols is 1. The van der Waals surface area contributed by atoms with E-state index >= 15 is 0 Å². The number of rotatable bonds is 2. The summed E-state index contributed by atoms with van der Waals surface area (Å²) >= 11 is 0. The van der Waals surface area contributed by atoms with E-state index in [4.69, 9.17) is 17.2 Å². The third-order valence-corrected chi connectivity index (χ3v) is 6.43. The van der Waals surface area contributed by atoms with E-state index < -0.39 is 58.0 Å². The largest absolute Gasteiger partial charge is 0.510 e. The van der Waals surface area contributed by atoms with Gasteiger partial charge >= 0.3 is 0 Å². The molecule has 0 spiro atoms. The summed E-state index contributed by atoms with van der Waals surface area (Å²) in [5.41, 5.74) is 13.7. The maximum Gasteiger partial charge on any atom is 0.255 e. The van der Waals surface area contributed by atoms with E-state index in [0.29, 0.717) is 11.1 Å². The number of fused-ring (bicyclic) bond motifs is 3. The fourth-order valence-electron chi connectivity index (χ4n) is 4.90. The van der Waals surface area contributed by atoms with Crippen LogP contribution in [0.2, 0.25) is 0 Å². The van der Waals surface area contributed by atoms with Gasteiger partial charge in [0.25, 0.3) is 5.91 Å². The van der Waals surface area contributed by atoms with E-state index in [1.54, 1.807) is 12.1 Å². The highest BCUT2D eigenvalue weighted by Crippen LogP contribution is 2.51. The molecule has 30 heavy (non-hydrogen) atoms. The Morgan fingerprint density at radius 2 is 1.87 bits per heavy atom. The summed E-state index contributed by atoms with van der Waals surface area (Å²) in [7, 11) is 0. The van der Waals surface area contributed by atoms with Gasteiger partial charge in [-0.15, -0.1) is 0 Å². The Bertz CT molecular complexity index is 1090. The smallest absolute Gasteiger partial charge is 0.255 e. The molecular weight excluding hydrogens is 394 g/mol. The molecule has 158 valence electrons. The number of primary amides is 1. The van der Waals surface area contributed by atoms with Gasteiger partial charge in [0, 0.05) is 23.6 Å². The first kappa shape index (κ1) is 20.1. The van der Waals surface area contributed by atoms with Crippen molar-refractivity contribution in [2.24, 2.45) is 29.0 Å². The maximum absolute atomic E-state index is 13.2. The molecule has 3 aliphatic carbocycles.